The maximum absolute atomic E-state index is 11.8. The van der Waals surface area contributed by atoms with Crippen molar-refractivity contribution in [1.82, 2.24) is 9.97 Å². The van der Waals surface area contributed by atoms with E-state index in [2.05, 4.69) is 15.3 Å². The Kier molecular flexibility index (Phi) is 3.17. The summed E-state index contributed by atoms with van der Waals surface area (Å²) in [6, 6.07) is 0. The minimum Gasteiger partial charge on any atom is -0.305 e. The van der Waals surface area contributed by atoms with E-state index in [1.54, 1.807) is 5.38 Å². The van der Waals surface area contributed by atoms with E-state index >= 15 is 0 Å². The number of thiophene rings is 1. The molecule has 2 aromatic rings. The third-order valence-corrected chi connectivity index (χ3v) is 3.02. The highest BCUT2D eigenvalue weighted by atomic mass is 35.5. The summed E-state index contributed by atoms with van der Waals surface area (Å²) in [7, 11) is 0. The Morgan fingerprint density at radius 3 is 2.75 bits per heavy atom. The molecule has 0 saturated carbocycles. The molecule has 0 bridgehead atoms. The van der Waals surface area contributed by atoms with Gasteiger partial charge < -0.3 is 5.32 Å². The van der Waals surface area contributed by atoms with E-state index in [1.807, 2.05) is 12.3 Å². The van der Waals surface area contributed by atoms with Crippen LogP contribution in [0.1, 0.15) is 15.9 Å². The van der Waals surface area contributed by atoms with Crippen LogP contribution < -0.4 is 5.32 Å². The molecule has 0 aromatic carbocycles. The average Bonchev–Trinajstić information content (AvgIpc) is 2.68. The zero-order valence-electron chi connectivity index (χ0n) is 8.40. The first kappa shape index (κ1) is 11.0. The monoisotopic (exact) mass is 253 g/mol. The van der Waals surface area contributed by atoms with Crippen molar-refractivity contribution >= 4 is 34.7 Å². The molecule has 6 heteroatoms. The van der Waals surface area contributed by atoms with Gasteiger partial charge in [-0.25, -0.2) is 9.97 Å². The molecule has 2 heterocycles. The van der Waals surface area contributed by atoms with Crippen LogP contribution in [0.3, 0.4) is 0 Å². The molecule has 16 heavy (non-hydrogen) atoms. The number of rotatable bonds is 2. The first-order valence-electron chi connectivity index (χ1n) is 4.48. The normalized spacial score (nSPS) is 10.1. The fourth-order valence-corrected chi connectivity index (χ4v) is 2.08. The van der Waals surface area contributed by atoms with Crippen molar-refractivity contribution in [3.8, 4) is 0 Å². The number of carbonyl (C=O) groups is 1. The zero-order chi connectivity index (χ0) is 11.5. The Morgan fingerprint density at radius 1 is 1.38 bits per heavy atom. The lowest BCUT2D eigenvalue weighted by Gasteiger charge is -2.02. The van der Waals surface area contributed by atoms with Gasteiger partial charge in [0.15, 0.2) is 5.82 Å². The van der Waals surface area contributed by atoms with E-state index in [1.165, 1.54) is 23.7 Å². The van der Waals surface area contributed by atoms with Gasteiger partial charge in [0, 0.05) is 5.38 Å². The molecule has 0 aliphatic carbocycles. The Bertz CT molecular complexity index is 509. The lowest BCUT2D eigenvalue weighted by atomic mass is 10.2. The molecule has 2 rings (SSSR count). The highest BCUT2D eigenvalue weighted by Crippen LogP contribution is 2.15. The lowest BCUT2D eigenvalue weighted by Crippen LogP contribution is -2.13. The van der Waals surface area contributed by atoms with Crippen LogP contribution in [-0.4, -0.2) is 15.9 Å². The van der Waals surface area contributed by atoms with Crippen LogP contribution in [0.5, 0.6) is 0 Å². The second-order valence-electron chi connectivity index (χ2n) is 3.15. The minimum atomic E-state index is -0.185. The van der Waals surface area contributed by atoms with Gasteiger partial charge in [-0.2, -0.15) is 11.3 Å². The molecule has 0 aliphatic heterocycles. The standard InChI is InChI=1S/C10H8ClN3OS/c1-6-4-16-5-7(6)10(15)14-9-3-12-8(11)2-13-9/h2-5H,1H3,(H,13,14,15). The van der Waals surface area contributed by atoms with Crippen LogP contribution in [0.4, 0.5) is 5.82 Å². The number of carbonyl (C=O) groups excluding carboxylic acids is 1. The number of amides is 1. The van der Waals surface area contributed by atoms with Gasteiger partial charge in [-0.1, -0.05) is 11.6 Å². The van der Waals surface area contributed by atoms with Crippen LogP contribution in [0, 0.1) is 6.92 Å². The van der Waals surface area contributed by atoms with Crippen LogP contribution in [-0.2, 0) is 0 Å². The number of nitrogens with one attached hydrogen (secondary N) is 1. The molecule has 0 aliphatic rings. The second kappa shape index (κ2) is 4.59. The number of hydrogen-bond donors (Lipinski definition) is 1. The molecule has 0 unspecified atom stereocenters. The number of nitrogens with zero attached hydrogens (tertiary/aromatic N) is 2. The van der Waals surface area contributed by atoms with Gasteiger partial charge in [-0.3, -0.25) is 4.79 Å². The van der Waals surface area contributed by atoms with Crippen molar-refractivity contribution in [2.24, 2.45) is 0 Å². The molecule has 1 amide bonds. The van der Waals surface area contributed by atoms with Crippen LogP contribution in [0.2, 0.25) is 5.15 Å². The van der Waals surface area contributed by atoms with Crippen molar-refractivity contribution in [2.75, 3.05) is 5.32 Å². The fourth-order valence-electron chi connectivity index (χ4n) is 1.15. The Labute approximate surface area is 101 Å². The molecule has 0 atom stereocenters. The van der Waals surface area contributed by atoms with Crippen LogP contribution >= 0.6 is 22.9 Å². The summed E-state index contributed by atoms with van der Waals surface area (Å²) in [5.41, 5.74) is 1.60. The van der Waals surface area contributed by atoms with Crippen molar-refractivity contribution in [3.63, 3.8) is 0 Å². The quantitative estimate of drug-likeness (QED) is 0.895. The molecule has 0 radical (unpaired) electrons. The summed E-state index contributed by atoms with van der Waals surface area (Å²) >= 11 is 7.08. The van der Waals surface area contributed by atoms with Crippen molar-refractivity contribution < 1.29 is 4.79 Å². The van der Waals surface area contributed by atoms with E-state index in [-0.39, 0.29) is 5.91 Å². The Hall–Kier alpha value is -1.46. The maximum Gasteiger partial charge on any atom is 0.257 e. The molecule has 4 nitrogen and oxygen atoms in total. The van der Waals surface area contributed by atoms with Gasteiger partial charge in [0.1, 0.15) is 5.15 Å². The SMILES string of the molecule is Cc1cscc1C(=O)Nc1cnc(Cl)cn1. The molecule has 0 saturated heterocycles. The topological polar surface area (TPSA) is 54.9 Å². The summed E-state index contributed by atoms with van der Waals surface area (Å²) in [5.74, 6) is 0.204. The molecule has 82 valence electrons. The predicted molar refractivity (Wildman–Crippen MR) is 64.1 cm³/mol. The van der Waals surface area contributed by atoms with Gasteiger partial charge >= 0.3 is 0 Å². The van der Waals surface area contributed by atoms with Gasteiger partial charge in [0.25, 0.3) is 5.91 Å². The van der Waals surface area contributed by atoms with Gasteiger partial charge in [-0.05, 0) is 17.9 Å². The second-order valence-corrected chi connectivity index (χ2v) is 4.28. The number of halogens is 1. The van der Waals surface area contributed by atoms with E-state index in [9.17, 15) is 4.79 Å². The molecular weight excluding hydrogens is 246 g/mol. The summed E-state index contributed by atoms with van der Waals surface area (Å²) in [6.45, 7) is 1.89. The van der Waals surface area contributed by atoms with Crippen molar-refractivity contribution in [3.05, 3.63) is 39.4 Å². The highest BCUT2D eigenvalue weighted by molar-refractivity contribution is 7.08. The summed E-state index contributed by atoms with van der Waals surface area (Å²) in [4.78, 5) is 19.5. The predicted octanol–water partition coefficient (Wildman–Crippen LogP) is 2.75. The minimum absolute atomic E-state index is 0.185. The van der Waals surface area contributed by atoms with Crippen molar-refractivity contribution in [1.29, 1.82) is 0 Å². The lowest BCUT2D eigenvalue weighted by molar-refractivity contribution is 0.102. The maximum atomic E-state index is 11.8. The third kappa shape index (κ3) is 2.37. The molecule has 0 fully saturated rings. The van der Waals surface area contributed by atoms with E-state index < -0.39 is 0 Å². The first-order valence-corrected chi connectivity index (χ1v) is 5.80. The first-order chi connectivity index (χ1) is 7.66. The van der Waals surface area contributed by atoms with E-state index in [0.717, 1.165) is 5.56 Å². The van der Waals surface area contributed by atoms with Gasteiger partial charge in [0.05, 0.1) is 18.0 Å². The van der Waals surface area contributed by atoms with Gasteiger partial charge in [-0.15, -0.1) is 0 Å². The van der Waals surface area contributed by atoms with Gasteiger partial charge in [0.2, 0.25) is 0 Å². The summed E-state index contributed by atoms with van der Waals surface area (Å²) < 4.78 is 0. The smallest absolute Gasteiger partial charge is 0.257 e. The summed E-state index contributed by atoms with van der Waals surface area (Å²) in [5, 5.41) is 6.66. The van der Waals surface area contributed by atoms with Crippen molar-refractivity contribution in [2.45, 2.75) is 6.92 Å². The van der Waals surface area contributed by atoms with Crippen LogP contribution in [0.15, 0.2) is 23.2 Å². The molecule has 0 spiro atoms. The highest BCUT2D eigenvalue weighted by Gasteiger charge is 2.10. The zero-order valence-corrected chi connectivity index (χ0v) is 9.97. The number of aryl methyl sites for hydroxylation is 1. The largest absolute Gasteiger partial charge is 0.305 e. The Balaban J connectivity index is 2.14. The van der Waals surface area contributed by atoms with Crippen LogP contribution in [0.25, 0.3) is 0 Å². The molecular formula is C10H8ClN3OS. The number of aromatic nitrogens is 2. The number of anilines is 1. The number of hydrogen-bond acceptors (Lipinski definition) is 4. The Morgan fingerprint density at radius 2 is 2.19 bits per heavy atom. The molecule has 2 aromatic heterocycles. The fraction of sp³-hybridized carbons (Fsp3) is 0.100. The third-order valence-electron chi connectivity index (χ3n) is 1.96. The average molecular weight is 254 g/mol. The van der Waals surface area contributed by atoms with E-state index in [4.69, 9.17) is 11.6 Å². The summed E-state index contributed by atoms with van der Waals surface area (Å²) in [6.07, 6.45) is 2.81. The van der Waals surface area contributed by atoms with E-state index in [0.29, 0.717) is 16.5 Å². The molecule has 1 N–H and O–H groups in total.